The Kier molecular flexibility index (Phi) is 4.35. The molecule has 20 heavy (non-hydrogen) atoms. The number of rotatable bonds is 7. The van der Waals surface area contributed by atoms with Crippen molar-refractivity contribution in [3.05, 3.63) is 6.33 Å². The van der Waals surface area contributed by atoms with Gasteiger partial charge in [0.1, 0.15) is 5.52 Å². The van der Waals surface area contributed by atoms with Crippen molar-refractivity contribution in [2.75, 3.05) is 37.9 Å². The number of aromatic nitrogens is 4. The van der Waals surface area contributed by atoms with E-state index in [0.717, 1.165) is 0 Å². The van der Waals surface area contributed by atoms with Crippen molar-refractivity contribution in [1.29, 1.82) is 0 Å². The van der Waals surface area contributed by atoms with Crippen molar-refractivity contribution in [2.24, 2.45) is 0 Å². The van der Waals surface area contributed by atoms with E-state index in [2.05, 4.69) is 30.6 Å². The Labute approximate surface area is 117 Å². The third kappa shape index (κ3) is 3.34. The van der Waals surface area contributed by atoms with Crippen LogP contribution >= 0.6 is 0 Å². The first-order valence-electron chi connectivity index (χ1n) is 6.40. The highest BCUT2D eigenvalue weighted by atomic mass is 16.5. The lowest BCUT2D eigenvalue weighted by Gasteiger charge is -2.23. The Morgan fingerprint density at radius 3 is 2.95 bits per heavy atom. The molecule has 0 aliphatic heterocycles. The maximum absolute atomic E-state index is 10.2. The van der Waals surface area contributed by atoms with Gasteiger partial charge in [-0.15, -0.1) is 0 Å². The van der Waals surface area contributed by atoms with Crippen LogP contribution in [0.3, 0.4) is 0 Å². The molecule has 0 amide bonds. The van der Waals surface area contributed by atoms with Gasteiger partial charge in [0.25, 0.3) is 0 Å². The summed E-state index contributed by atoms with van der Waals surface area (Å²) in [6.45, 7) is 2.60. The van der Waals surface area contributed by atoms with Crippen LogP contribution in [0.15, 0.2) is 6.33 Å². The van der Waals surface area contributed by atoms with Gasteiger partial charge in [-0.05, 0) is 6.92 Å². The molecule has 110 valence electrons. The molecule has 2 aromatic heterocycles. The third-order valence-corrected chi connectivity index (χ3v) is 2.99. The number of fused-ring (bicyclic) bond motifs is 1. The lowest BCUT2D eigenvalue weighted by atomic mass is 10.0. The average molecular weight is 280 g/mol. The van der Waals surface area contributed by atoms with Crippen LogP contribution in [0.25, 0.3) is 11.2 Å². The molecule has 2 heterocycles. The summed E-state index contributed by atoms with van der Waals surface area (Å²) in [6.07, 6.45) is 2.10. The first kappa shape index (κ1) is 14.5. The van der Waals surface area contributed by atoms with Crippen molar-refractivity contribution in [3.8, 4) is 0 Å². The number of aliphatic hydroxyl groups is 1. The molecular weight excluding hydrogens is 260 g/mol. The molecule has 0 saturated heterocycles. The van der Waals surface area contributed by atoms with E-state index < -0.39 is 5.60 Å². The summed E-state index contributed by atoms with van der Waals surface area (Å²) in [6, 6.07) is 0. The van der Waals surface area contributed by atoms with Gasteiger partial charge in [-0.1, -0.05) is 0 Å². The van der Waals surface area contributed by atoms with Crippen LogP contribution in [0.5, 0.6) is 0 Å². The minimum atomic E-state index is -0.882. The summed E-state index contributed by atoms with van der Waals surface area (Å²) < 4.78 is 4.98. The monoisotopic (exact) mass is 280 g/mol. The Bertz CT molecular complexity index is 568. The fraction of sp³-hybridized carbons (Fsp3) is 0.583. The Hall–Kier alpha value is -1.93. The number of nitrogens with zero attached hydrogens (tertiary/aromatic N) is 3. The van der Waals surface area contributed by atoms with Crippen LogP contribution < -0.4 is 10.6 Å². The summed E-state index contributed by atoms with van der Waals surface area (Å²) in [5.74, 6) is 1.08. The Morgan fingerprint density at radius 1 is 1.45 bits per heavy atom. The highest BCUT2D eigenvalue weighted by Gasteiger charge is 2.21. The lowest BCUT2D eigenvalue weighted by Crippen LogP contribution is -2.35. The van der Waals surface area contributed by atoms with Crippen molar-refractivity contribution in [3.63, 3.8) is 0 Å². The zero-order valence-corrected chi connectivity index (χ0v) is 11.9. The van der Waals surface area contributed by atoms with Gasteiger partial charge in [0.05, 0.1) is 11.9 Å². The first-order valence-corrected chi connectivity index (χ1v) is 6.40. The molecule has 4 N–H and O–H groups in total. The number of aromatic amines is 1. The molecule has 0 fully saturated rings. The van der Waals surface area contributed by atoms with E-state index in [-0.39, 0.29) is 0 Å². The third-order valence-electron chi connectivity index (χ3n) is 2.99. The minimum absolute atomic E-state index is 0.352. The summed E-state index contributed by atoms with van der Waals surface area (Å²) in [5, 5.41) is 16.2. The molecule has 1 unspecified atom stereocenters. The van der Waals surface area contributed by atoms with Crippen molar-refractivity contribution in [1.82, 2.24) is 19.9 Å². The van der Waals surface area contributed by atoms with Crippen molar-refractivity contribution >= 4 is 22.9 Å². The summed E-state index contributed by atoms with van der Waals surface area (Å²) >= 11 is 0. The van der Waals surface area contributed by atoms with Gasteiger partial charge in [0.15, 0.2) is 11.5 Å². The highest BCUT2D eigenvalue weighted by Crippen LogP contribution is 2.19. The molecular formula is C12H20N6O2. The molecule has 0 radical (unpaired) electrons. The van der Waals surface area contributed by atoms with E-state index in [4.69, 9.17) is 4.74 Å². The lowest BCUT2D eigenvalue weighted by molar-refractivity contribution is 0.0357. The summed E-state index contributed by atoms with van der Waals surface area (Å²) in [7, 11) is 3.35. The standard InChI is InChI=1S/C12H20N6O2/c1-12(19,4-5-20-3)6-14-9-8-10(16-7-15-8)18-11(13-2)17-9/h7,19H,4-6H2,1-3H3,(H3,13,14,15,16,17,18). The molecule has 0 aromatic carbocycles. The smallest absolute Gasteiger partial charge is 0.226 e. The van der Waals surface area contributed by atoms with Crippen molar-refractivity contribution < 1.29 is 9.84 Å². The van der Waals surface area contributed by atoms with Crippen LogP contribution in [0, 0.1) is 0 Å². The summed E-state index contributed by atoms with van der Waals surface area (Å²) in [5.41, 5.74) is 0.405. The fourth-order valence-corrected chi connectivity index (χ4v) is 1.76. The van der Waals surface area contributed by atoms with Crippen LogP contribution in [0.4, 0.5) is 11.8 Å². The molecule has 2 rings (SSSR count). The summed E-state index contributed by atoms with van der Waals surface area (Å²) in [4.78, 5) is 15.6. The average Bonchev–Trinajstić information content (AvgIpc) is 2.90. The van der Waals surface area contributed by atoms with Gasteiger partial charge >= 0.3 is 0 Å². The molecule has 0 bridgehead atoms. The number of methoxy groups -OCH3 is 1. The highest BCUT2D eigenvalue weighted by molar-refractivity contribution is 5.83. The SMILES string of the molecule is CNc1nc(NCC(C)(O)CCOC)c2[nH]cnc2n1. The number of ether oxygens (including phenoxy) is 1. The molecule has 0 aliphatic carbocycles. The second-order valence-electron chi connectivity index (χ2n) is 4.84. The van der Waals surface area contributed by atoms with Crippen LogP contribution in [0.1, 0.15) is 13.3 Å². The maximum atomic E-state index is 10.2. The maximum Gasteiger partial charge on any atom is 0.226 e. The zero-order chi connectivity index (χ0) is 14.6. The second kappa shape index (κ2) is 6.02. The van der Waals surface area contributed by atoms with Gasteiger partial charge in [-0.25, -0.2) is 4.98 Å². The molecule has 8 nitrogen and oxygen atoms in total. The second-order valence-corrected chi connectivity index (χ2v) is 4.84. The fourth-order valence-electron chi connectivity index (χ4n) is 1.76. The molecule has 0 aliphatic rings. The van der Waals surface area contributed by atoms with Gasteiger partial charge in [0, 0.05) is 33.7 Å². The van der Waals surface area contributed by atoms with E-state index in [9.17, 15) is 5.11 Å². The Morgan fingerprint density at radius 2 is 2.25 bits per heavy atom. The van der Waals surface area contributed by atoms with Crippen molar-refractivity contribution in [2.45, 2.75) is 18.9 Å². The number of H-pyrrole nitrogens is 1. The van der Waals surface area contributed by atoms with E-state index in [0.29, 0.717) is 42.5 Å². The quantitative estimate of drug-likeness (QED) is 0.588. The van der Waals surface area contributed by atoms with E-state index in [1.165, 1.54) is 0 Å². The number of anilines is 2. The first-order chi connectivity index (χ1) is 9.55. The van der Waals surface area contributed by atoms with E-state index >= 15 is 0 Å². The van der Waals surface area contributed by atoms with E-state index in [1.54, 1.807) is 27.4 Å². The number of nitrogens with one attached hydrogen (secondary N) is 3. The van der Waals surface area contributed by atoms with Crippen LogP contribution in [0.2, 0.25) is 0 Å². The normalized spacial score (nSPS) is 14.2. The van der Waals surface area contributed by atoms with E-state index in [1.807, 2.05) is 0 Å². The topological polar surface area (TPSA) is 108 Å². The number of hydrogen-bond donors (Lipinski definition) is 4. The van der Waals surface area contributed by atoms with Gasteiger partial charge < -0.3 is 25.5 Å². The molecule has 0 spiro atoms. The van der Waals surface area contributed by atoms with Gasteiger partial charge in [-0.3, -0.25) is 0 Å². The van der Waals surface area contributed by atoms with Gasteiger partial charge in [0.2, 0.25) is 5.95 Å². The number of hydrogen-bond acceptors (Lipinski definition) is 7. The zero-order valence-electron chi connectivity index (χ0n) is 11.9. The van der Waals surface area contributed by atoms with Crippen LogP contribution in [-0.4, -0.2) is 58.0 Å². The molecule has 0 saturated carbocycles. The molecule has 8 heteroatoms. The number of imidazole rings is 1. The van der Waals surface area contributed by atoms with Gasteiger partial charge in [-0.2, -0.15) is 9.97 Å². The minimum Gasteiger partial charge on any atom is -0.388 e. The molecule has 1 atom stereocenters. The van der Waals surface area contributed by atoms with Crippen LogP contribution in [-0.2, 0) is 4.74 Å². The largest absolute Gasteiger partial charge is 0.388 e. The molecule has 2 aromatic rings. The Balaban J connectivity index is 2.14. The predicted octanol–water partition coefficient (Wildman–Crippen LogP) is 0.594. The predicted molar refractivity (Wildman–Crippen MR) is 76.8 cm³/mol.